The molecule has 2 N–H and O–H groups in total. The summed E-state index contributed by atoms with van der Waals surface area (Å²) in [6.45, 7) is 2.62. The fourth-order valence-electron chi connectivity index (χ4n) is 1.97. The summed E-state index contributed by atoms with van der Waals surface area (Å²) in [7, 11) is 0. The van der Waals surface area contributed by atoms with Crippen LogP contribution in [-0.2, 0) is 0 Å². The fraction of sp³-hybridized carbons (Fsp3) is 0.500. The Kier molecular flexibility index (Phi) is 4.96. The largest absolute Gasteiger partial charge is 0.492 e. The van der Waals surface area contributed by atoms with E-state index in [1.165, 1.54) is 12.8 Å². The quantitative estimate of drug-likeness (QED) is 0.731. The molecule has 18 heavy (non-hydrogen) atoms. The van der Waals surface area contributed by atoms with Gasteiger partial charge in [0.05, 0.1) is 4.99 Å². The molecule has 3 nitrogen and oxygen atoms in total. The summed E-state index contributed by atoms with van der Waals surface area (Å²) >= 11 is 4.93. The molecular weight excluding hydrogens is 244 g/mol. The van der Waals surface area contributed by atoms with Gasteiger partial charge < -0.3 is 10.5 Å². The number of para-hydroxylation sites is 1. The molecule has 1 saturated carbocycles. The number of nitrogens with two attached hydrogens (primary N) is 1. The summed E-state index contributed by atoms with van der Waals surface area (Å²) in [6.07, 6.45) is 3.39. The number of rotatable bonds is 8. The molecule has 1 fully saturated rings. The molecule has 0 atom stereocenters. The standard InChI is InChI=1S/C14H20N2OS/c15-14(18)8-9-16(12-6-7-12)10-11-17-13-4-2-1-3-5-13/h1-5,12H,6-11H2,(H2,15,18). The second kappa shape index (κ2) is 6.71. The fourth-order valence-corrected chi connectivity index (χ4v) is 2.06. The average Bonchev–Trinajstić information content (AvgIpc) is 3.19. The summed E-state index contributed by atoms with van der Waals surface area (Å²) in [5, 5.41) is 0. The first-order valence-corrected chi connectivity index (χ1v) is 6.87. The van der Waals surface area contributed by atoms with Crippen molar-refractivity contribution in [1.82, 2.24) is 4.90 Å². The van der Waals surface area contributed by atoms with E-state index in [2.05, 4.69) is 4.90 Å². The summed E-state index contributed by atoms with van der Waals surface area (Å²) in [5.41, 5.74) is 5.55. The highest BCUT2D eigenvalue weighted by atomic mass is 32.1. The molecule has 1 aliphatic rings. The molecule has 1 aromatic carbocycles. The normalized spacial score (nSPS) is 14.7. The summed E-state index contributed by atoms with van der Waals surface area (Å²) in [4.78, 5) is 3.03. The molecule has 0 bridgehead atoms. The smallest absolute Gasteiger partial charge is 0.119 e. The maximum Gasteiger partial charge on any atom is 0.119 e. The van der Waals surface area contributed by atoms with Crippen LogP contribution in [0.15, 0.2) is 30.3 Å². The molecule has 0 radical (unpaired) electrons. The average molecular weight is 264 g/mol. The van der Waals surface area contributed by atoms with Gasteiger partial charge in [0.1, 0.15) is 12.4 Å². The molecule has 2 rings (SSSR count). The first-order valence-electron chi connectivity index (χ1n) is 6.46. The Hall–Kier alpha value is -1.13. The number of ether oxygens (including phenoxy) is 1. The Morgan fingerprint density at radius 3 is 2.61 bits per heavy atom. The number of benzene rings is 1. The zero-order chi connectivity index (χ0) is 12.8. The SMILES string of the molecule is NC(=S)CCN(CCOc1ccccc1)C1CC1. The lowest BCUT2D eigenvalue weighted by Crippen LogP contribution is -2.33. The minimum Gasteiger partial charge on any atom is -0.492 e. The van der Waals surface area contributed by atoms with E-state index in [0.29, 0.717) is 4.99 Å². The third-order valence-corrected chi connectivity index (χ3v) is 3.30. The maximum atomic E-state index is 5.72. The van der Waals surface area contributed by atoms with Crippen LogP contribution in [0.25, 0.3) is 0 Å². The molecule has 0 amide bonds. The molecule has 1 aromatic rings. The minimum atomic E-state index is 0.602. The van der Waals surface area contributed by atoms with Crippen LogP contribution in [0.2, 0.25) is 0 Å². The van der Waals surface area contributed by atoms with Crippen molar-refractivity contribution in [2.45, 2.75) is 25.3 Å². The maximum absolute atomic E-state index is 5.72. The van der Waals surface area contributed by atoms with E-state index < -0.39 is 0 Å². The molecular formula is C14H20N2OS. The van der Waals surface area contributed by atoms with Crippen LogP contribution in [0.4, 0.5) is 0 Å². The second-order valence-electron chi connectivity index (χ2n) is 4.64. The Morgan fingerprint density at radius 2 is 2.00 bits per heavy atom. The highest BCUT2D eigenvalue weighted by Crippen LogP contribution is 2.26. The second-order valence-corrected chi connectivity index (χ2v) is 5.17. The van der Waals surface area contributed by atoms with Gasteiger partial charge in [-0.1, -0.05) is 30.4 Å². The van der Waals surface area contributed by atoms with Gasteiger partial charge >= 0.3 is 0 Å². The summed E-state index contributed by atoms with van der Waals surface area (Å²) < 4.78 is 5.72. The molecule has 0 aliphatic heterocycles. The van der Waals surface area contributed by atoms with Crippen LogP contribution >= 0.6 is 12.2 Å². The highest BCUT2D eigenvalue weighted by molar-refractivity contribution is 7.80. The van der Waals surface area contributed by atoms with E-state index in [9.17, 15) is 0 Å². The van der Waals surface area contributed by atoms with Crippen molar-refractivity contribution in [3.8, 4) is 5.75 Å². The lowest BCUT2D eigenvalue weighted by molar-refractivity contribution is 0.205. The van der Waals surface area contributed by atoms with Crippen LogP contribution in [0, 0.1) is 0 Å². The molecule has 0 spiro atoms. The van der Waals surface area contributed by atoms with E-state index in [4.69, 9.17) is 22.7 Å². The molecule has 0 unspecified atom stereocenters. The zero-order valence-corrected chi connectivity index (χ0v) is 11.4. The zero-order valence-electron chi connectivity index (χ0n) is 10.5. The molecule has 0 heterocycles. The van der Waals surface area contributed by atoms with Crippen molar-refractivity contribution < 1.29 is 4.74 Å². The number of hydrogen-bond donors (Lipinski definition) is 1. The number of nitrogens with zero attached hydrogens (tertiary/aromatic N) is 1. The van der Waals surface area contributed by atoms with Gasteiger partial charge in [0.15, 0.2) is 0 Å². The van der Waals surface area contributed by atoms with Gasteiger partial charge in [-0.3, -0.25) is 4.90 Å². The molecule has 1 aliphatic carbocycles. The summed E-state index contributed by atoms with van der Waals surface area (Å²) in [5.74, 6) is 0.933. The Morgan fingerprint density at radius 1 is 1.28 bits per heavy atom. The van der Waals surface area contributed by atoms with Gasteiger partial charge in [0.2, 0.25) is 0 Å². The number of hydrogen-bond acceptors (Lipinski definition) is 3. The Bertz CT molecular complexity index is 379. The monoisotopic (exact) mass is 264 g/mol. The Labute approximate surface area is 114 Å². The predicted octanol–water partition coefficient (Wildman–Crippen LogP) is 2.21. The lowest BCUT2D eigenvalue weighted by atomic mass is 10.3. The van der Waals surface area contributed by atoms with Crippen LogP contribution in [0.5, 0.6) is 5.75 Å². The van der Waals surface area contributed by atoms with E-state index in [1.807, 2.05) is 30.3 Å². The van der Waals surface area contributed by atoms with Gasteiger partial charge in [-0.05, 0) is 25.0 Å². The van der Waals surface area contributed by atoms with Crippen molar-refractivity contribution in [2.24, 2.45) is 5.73 Å². The summed E-state index contributed by atoms with van der Waals surface area (Å²) in [6, 6.07) is 10.7. The minimum absolute atomic E-state index is 0.602. The van der Waals surface area contributed by atoms with Crippen LogP contribution < -0.4 is 10.5 Å². The molecule has 0 saturated heterocycles. The lowest BCUT2D eigenvalue weighted by Gasteiger charge is -2.21. The van der Waals surface area contributed by atoms with Gasteiger partial charge in [0.25, 0.3) is 0 Å². The van der Waals surface area contributed by atoms with E-state index in [1.54, 1.807) is 0 Å². The van der Waals surface area contributed by atoms with Crippen molar-refractivity contribution >= 4 is 17.2 Å². The van der Waals surface area contributed by atoms with Crippen LogP contribution in [-0.4, -0.2) is 35.6 Å². The van der Waals surface area contributed by atoms with E-state index in [0.717, 1.165) is 37.9 Å². The third-order valence-electron chi connectivity index (χ3n) is 3.10. The Balaban J connectivity index is 1.71. The van der Waals surface area contributed by atoms with Gasteiger partial charge in [0, 0.05) is 25.6 Å². The van der Waals surface area contributed by atoms with Gasteiger partial charge in [-0.2, -0.15) is 0 Å². The van der Waals surface area contributed by atoms with Crippen molar-refractivity contribution in [3.05, 3.63) is 30.3 Å². The predicted molar refractivity (Wildman–Crippen MR) is 77.9 cm³/mol. The van der Waals surface area contributed by atoms with E-state index in [-0.39, 0.29) is 0 Å². The van der Waals surface area contributed by atoms with Gasteiger partial charge in [-0.25, -0.2) is 0 Å². The first-order chi connectivity index (χ1) is 8.75. The van der Waals surface area contributed by atoms with Gasteiger partial charge in [-0.15, -0.1) is 0 Å². The highest BCUT2D eigenvalue weighted by Gasteiger charge is 2.28. The van der Waals surface area contributed by atoms with Crippen molar-refractivity contribution in [2.75, 3.05) is 19.7 Å². The topological polar surface area (TPSA) is 38.5 Å². The molecule has 4 heteroatoms. The van der Waals surface area contributed by atoms with Crippen LogP contribution in [0.1, 0.15) is 19.3 Å². The van der Waals surface area contributed by atoms with Crippen molar-refractivity contribution in [1.29, 1.82) is 0 Å². The van der Waals surface area contributed by atoms with E-state index >= 15 is 0 Å². The van der Waals surface area contributed by atoms with Crippen molar-refractivity contribution in [3.63, 3.8) is 0 Å². The van der Waals surface area contributed by atoms with Crippen LogP contribution in [0.3, 0.4) is 0 Å². The molecule has 0 aromatic heterocycles. The first kappa shape index (κ1) is 13.3. The third kappa shape index (κ3) is 4.63. The number of thiocarbonyl (C=S) groups is 1. The molecule has 98 valence electrons.